The van der Waals surface area contributed by atoms with Gasteiger partial charge < -0.3 is 33.7 Å². The van der Waals surface area contributed by atoms with Gasteiger partial charge in [-0.2, -0.15) is 0 Å². The lowest BCUT2D eigenvalue weighted by Gasteiger charge is -2.55. The molecule has 0 unspecified atom stereocenters. The molecule has 1 saturated heterocycles. The van der Waals surface area contributed by atoms with E-state index in [9.17, 15) is 33.9 Å². The topological polar surface area (TPSA) is 181 Å². The summed E-state index contributed by atoms with van der Waals surface area (Å²) in [7, 11) is 6.08. The van der Waals surface area contributed by atoms with E-state index < -0.39 is 28.6 Å². The van der Waals surface area contributed by atoms with Crippen LogP contribution in [-0.4, -0.2) is 124 Å². The summed E-state index contributed by atoms with van der Waals surface area (Å²) in [6.45, 7) is 15.0. The maximum Gasteiger partial charge on any atom is 0.415 e. The number of cyclic esters (lactones) is 1. The Kier molecular flexibility index (Phi) is 15.1. The number of rotatable bonds is 15. The lowest BCUT2D eigenvalue weighted by Crippen LogP contribution is -2.59. The van der Waals surface area contributed by atoms with Gasteiger partial charge in [0.25, 0.3) is 5.56 Å². The molecule has 0 radical (unpaired) electrons. The van der Waals surface area contributed by atoms with Crippen LogP contribution in [0.1, 0.15) is 152 Å². The Labute approximate surface area is 475 Å². The lowest BCUT2D eigenvalue weighted by atomic mass is 9.50. The Morgan fingerprint density at radius 3 is 2.36 bits per heavy atom. The highest BCUT2D eigenvalue weighted by Crippen LogP contribution is 2.68. The molecule has 0 spiro atoms. The molecule has 7 aliphatic rings. The van der Waals surface area contributed by atoms with Crippen molar-refractivity contribution in [3.05, 3.63) is 109 Å². The summed E-state index contributed by atoms with van der Waals surface area (Å²) in [5.74, 6) is -0.00997. The smallest absolute Gasteiger partial charge is 0.415 e. The number of amides is 1. The predicted octanol–water partition coefficient (Wildman–Crippen LogP) is 9.52. The normalized spacial score (nSPS) is 27.7. The van der Waals surface area contributed by atoms with Crippen LogP contribution in [0.25, 0.3) is 22.3 Å². The number of ketones is 2. The molecule has 5 heterocycles. The Balaban J connectivity index is 0.693. The highest BCUT2D eigenvalue weighted by atomic mass is 16.6. The second-order valence-electron chi connectivity index (χ2n) is 25.1. The molecule has 11 rings (SSSR count). The van der Waals surface area contributed by atoms with Crippen molar-refractivity contribution < 1.29 is 43.3 Å². The van der Waals surface area contributed by atoms with Gasteiger partial charge >= 0.3 is 18.0 Å². The number of hydrogen-bond donors (Lipinski definition) is 1. The zero-order valence-corrected chi connectivity index (χ0v) is 48.8. The Hall–Kier alpha value is -6.49. The molecule has 1 amide bonds. The minimum atomic E-state index is -1.91. The maximum atomic E-state index is 14.2. The molecule has 2 aromatic carbocycles. The summed E-state index contributed by atoms with van der Waals surface area (Å²) in [4.78, 5) is 93.4. The Morgan fingerprint density at radius 1 is 0.914 bits per heavy atom. The summed E-state index contributed by atoms with van der Waals surface area (Å²) in [5.41, 5.74) is 6.48. The first kappa shape index (κ1) is 56.4. The number of hydrogen-bond acceptors (Lipinski definition) is 14. The van der Waals surface area contributed by atoms with Crippen LogP contribution in [0.3, 0.4) is 0 Å². The van der Waals surface area contributed by atoms with E-state index in [4.69, 9.17) is 19.2 Å². The van der Waals surface area contributed by atoms with E-state index in [0.717, 1.165) is 99.7 Å². The Morgan fingerprint density at radius 2 is 1.65 bits per heavy atom. The van der Waals surface area contributed by atoms with Gasteiger partial charge in [-0.15, -0.1) is 0 Å². The van der Waals surface area contributed by atoms with Crippen molar-refractivity contribution in [1.82, 2.24) is 24.3 Å². The first-order valence-corrected chi connectivity index (χ1v) is 29.6. The fourth-order valence-electron chi connectivity index (χ4n) is 15.9. The van der Waals surface area contributed by atoms with E-state index in [1.165, 1.54) is 29.2 Å². The highest BCUT2D eigenvalue weighted by Gasteiger charge is 2.67. The van der Waals surface area contributed by atoms with E-state index in [1.807, 2.05) is 42.1 Å². The molecular weight excluding hydrogens is 1020 g/mol. The average Bonchev–Trinajstić information content (AvgIpc) is 2.26. The minimum absolute atomic E-state index is 0.0541. The number of nitrogens with zero attached hydrogens (tertiary/aromatic N) is 6. The highest BCUT2D eigenvalue weighted by molar-refractivity contribution is 5.94. The summed E-state index contributed by atoms with van der Waals surface area (Å²) < 4.78 is 19.3. The van der Waals surface area contributed by atoms with Gasteiger partial charge in [-0.25, -0.2) is 14.6 Å². The molecule has 4 aromatic rings. The van der Waals surface area contributed by atoms with Gasteiger partial charge in [-0.05, 0) is 170 Å². The number of piperazine rings is 1. The van der Waals surface area contributed by atoms with Gasteiger partial charge in [0.05, 0.1) is 29.0 Å². The van der Waals surface area contributed by atoms with E-state index in [0.29, 0.717) is 48.5 Å². The third kappa shape index (κ3) is 9.73. The molecule has 16 nitrogen and oxygen atoms in total. The fraction of sp³-hybridized carbons (Fsp3) is 0.554. The van der Waals surface area contributed by atoms with Crippen LogP contribution in [0.2, 0.25) is 0 Å². The standard InChI is InChI=1S/C65H80N6O10/c1-10-64(78)54-31-56-59-44(35-70(56)60(75)52(54)37-79-61(64)76)30-49-51(36-67(7)8)57(24-23-55(49)66-59)80-62(77)71-38(2)33-69(34-39(71)3)28-14-12-11-13-27-68(9)45-18-15-42(16-19-45)50-32-63(6)53(25-26-65(63,40(4)72)81-41(5)73)48-21-17-43-29-46(74)20-22-47(43)58(48)50/h15-16,18-19,23-24,29-31,38-39,48,50,53,78H,10-14,17,20-22,25-28,32-37H2,1-9H3/t38-,39-,48+,50-,53+,63+,64+,65+/m1/s1. The van der Waals surface area contributed by atoms with Gasteiger partial charge in [0.15, 0.2) is 22.8 Å². The first-order valence-electron chi connectivity index (χ1n) is 29.6. The van der Waals surface area contributed by atoms with Crippen molar-refractivity contribution in [2.45, 2.75) is 167 Å². The molecule has 3 fully saturated rings. The van der Waals surface area contributed by atoms with E-state index in [-0.39, 0.29) is 83.8 Å². The largest absolute Gasteiger partial charge is 0.458 e. The molecule has 3 aliphatic heterocycles. The van der Waals surface area contributed by atoms with Gasteiger partial charge in [-0.1, -0.05) is 44.4 Å². The number of carbonyl (C=O) groups excluding carboxylic acids is 5. The molecule has 4 aliphatic carbocycles. The van der Waals surface area contributed by atoms with E-state index in [1.54, 1.807) is 30.5 Å². The summed E-state index contributed by atoms with van der Waals surface area (Å²) in [6, 6.07) is 16.2. The van der Waals surface area contributed by atoms with Crippen molar-refractivity contribution in [2.24, 2.45) is 17.3 Å². The maximum absolute atomic E-state index is 14.2. The number of carbonyl (C=O) groups is 5. The van der Waals surface area contributed by atoms with Crippen LogP contribution in [0, 0.1) is 17.3 Å². The first-order chi connectivity index (χ1) is 38.7. The second-order valence-corrected chi connectivity index (χ2v) is 25.1. The number of anilines is 1. The third-order valence-electron chi connectivity index (χ3n) is 19.8. The van der Waals surface area contributed by atoms with Crippen LogP contribution in [0.5, 0.6) is 5.75 Å². The number of fused-ring (bicyclic) bond motifs is 9. The SMILES string of the molecule is CC[C@@]1(O)C(=O)OCc2c1cc1n(c2=O)Cc2cc3c(CN(C)C)c(OC(=O)N4[C@H](C)CN(CCCCCCN(C)c5ccc([C@H]6C[C@@]7(C)[C@@H](CC[C@]7(OC(C)=O)C(C)=O)[C@@H]7CCC8=CC(=O)CCC8=C76)cc5)C[C@H]4C)ccc3nc2-1. The summed E-state index contributed by atoms with van der Waals surface area (Å²) in [5, 5.41) is 12.2. The minimum Gasteiger partial charge on any atom is -0.458 e. The van der Waals surface area contributed by atoms with Gasteiger partial charge in [-0.3, -0.25) is 29.0 Å². The van der Waals surface area contributed by atoms with E-state index in [2.05, 4.69) is 61.9 Å². The van der Waals surface area contributed by atoms with Gasteiger partial charge in [0, 0.05) is 97.8 Å². The van der Waals surface area contributed by atoms with E-state index >= 15 is 0 Å². The van der Waals surface area contributed by atoms with Crippen molar-refractivity contribution in [3.63, 3.8) is 0 Å². The van der Waals surface area contributed by atoms with Crippen LogP contribution in [0.4, 0.5) is 10.5 Å². The van der Waals surface area contributed by atoms with Gasteiger partial charge in [0.1, 0.15) is 12.4 Å². The predicted molar refractivity (Wildman–Crippen MR) is 309 cm³/mol. The van der Waals surface area contributed by atoms with Crippen molar-refractivity contribution in [1.29, 1.82) is 0 Å². The monoisotopic (exact) mass is 1100 g/mol. The lowest BCUT2D eigenvalue weighted by molar-refractivity contribution is -0.182. The molecule has 2 saturated carbocycles. The molecule has 81 heavy (non-hydrogen) atoms. The number of pyridine rings is 2. The van der Waals surface area contributed by atoms with Crippen molar-refractivity contribution in [2.75, 3.05) is 52.2 Å². The third-order valence-corrected chi connectivity index (χ3v) is 19.8. The van der Waals surface area contributed by atoms with Crippen molar-refractivity contribution in [3.8, 4) is 17.1 Å². The number of benzene rings is 2. The quantitative estimate of drug-likeness (QED) is 0.0773. The molecular formula is C65H80N6O10. The number of ether oxygens (including phenoxy) is 3. The number of esters is 2. The fourth-order valence-corrected chi connectivity index (χ4v) is 15.9. The average molecular weight is 1110 g/mol. The number of aromatic nitrogens is 2. The van der Waals surface area contributed by atoms with Crippen LogP contribution in [-0.2, 0) is 53.9 Å². The van der Waals surface area contributed by atoms with Gasteiger partial charge in [0.2, 0.25) is 0 Å². The molecule has 0 bridgehead atoms. The van der Waals surface area contributed by atoms with Crippen LogP contribution < -0.4 is 15.2 Å². The van der Waals surface area contributed by atoms with Crippen molar-refractivity contribution >= 4 is 46.2 Å². The summed E-state index contributed by atoms with van der Waals surface area (Å²) >= 11 is 0. The molecule has 1 N–H and O–H groups in total. The number of allylic oxidation sites excluding steroid dienone is 4. The zero-order valence-electron chi connectivity index (χ0n) is 48.8. The number of aliphatic hydroxyl groups is 1. The van der Waals surface area contributed by atoms with Crippen LogP contribution in [0.15, 0.2) is 76.1 Å². The molecule has 8 atom stereocenters. The molecule has 430 valence electrons. The second kappa shape index (κ2) is 21.7. The molecule has 2 aromatic heterocycles. The molecule has 16 heteroatoms. The van der Waals surface area contributed by atoms with Crippen LogP contribution >= 0.6 is 0 Å². The Bertz CT molecular complexity index is 3350. The number of Topliss-reactive ketones (excluding diaryl/α,β-unsaturated/α-hetero) is 1. The summed E-state index contributed by atoms with van der Waals surface area (Å²) in [6.07, 6.45) is 11.1. The zero-order chi connectivity index (χ0) is 57.4. The number of unbranched alkanes of at least 4 members (excludes halogenated alkanes) is 3.